The second kappa shape index (κ2) is 7.05. The van der Waals surface area contributed by atoms with E-state index in [1.54, 1.807) is 0 Å². The smallest absolute Gasteiger partial charge is 0.0296 e. The minimum absolute atomic E-state index is 0.377. The predicted molar refractivity (Wildman–Crippen MR) is 90.0 cm³/mol. The Kier molecular flexibility index (Phi) is 5.38. The lowest BCUT2D eigenvalue weighted by Crippen LogP contribution is -2.31. The minimum atomic E-state index is 0.377. The summed E-state index contributed by atoms with van der Waals surface area (Å²) < 4.78 is 1.13. The molecule has 2 aromatic rings. The molecule has 0 aliphatic rings. The normalized spacial score (nSPS) is 14.0. The molecular formula is C18H22BrN. The molecule has 0 saturated carbocycles. The highest BCUT2D eigenvalue weighted by atomic mass is 79.9. The van der Waals surface area contributed by atoms with Crippen LogP contribution in [0, 0.1) is 6.92 Å². The van der Waals surface area contributed by atoms with Gasteiger partial charge in [0.1, 0.15) is 0 Å². The summed E-state index contributed by atoms with van der Waals surface area (Å²) in [6.45, 7) is 6.66. The molecule has 2 rings (SSSR count). The van der Waals surface area contributed by atoms with E-state index in [2.05, 4.69) is 90.5 Å². The number of rotatable bonds is 5. The molecule has 2 unspecified atom stereocenters. The van der Waals surface area contributed by atoms with Gasteiger partial charge in [-0.3, -0.25) is 0 Å². The first kappa shape index (κ1) is 15.3. The van der Waals surface area contributed by atoms with Crippen molar-refractivity contribution in [3.05, 3.63) is 69.7 Å². The van der Waals surface area contributed by atoms with Crippen molar-refractivity contribution < 1.29 is 0 Å². The largest absolute Gasteiger partial charge is 0.307 e. The van der Waals surface area contributed by atoms with Gasteiger partial charge in [0.25, 0.3) is 0 Å². The van der Waals surface area contributed by atoms with Gasteiger partial charge in [-0.1, -0.05) is 52.3 Å². The molecule has 0 aromatic heterocycles. The van der Waals surface area contributed by atoms with Crippen LogP contribution in [-0.4, -0.2) is 6.04 Å². The van der Waals surface area contributed by atoms with Crippen LogP contribution in [-0.2, 0) is 6.42 Å². The van der Waals surface area contributed by atoms with Crippen LogP contribution in [0.4, 0.5) is 0 Å². The fourth-order valence-electron chi connectivity index (χ4n) is 2.62. The van der Waals surface area contributed by atoms with Crippen LogP contribution < -0.4 is 5.32 Å². The fraction of sp³-hybridized carbons (Fsp3) is 0.333. The van der Waals surface area contributed by atoms with E-state index in [0.717, 1.165) is 10.9 Å². The van der Waals surface area contributed by atoms with Gasteiger partial charge in [0.05, 0.1) is 0 Å². The first-order valence-electron chi connectivity index (χ1n) is 7.12. The summed E-state index contributed by atoms with van der Waals surface area (Å²) in [4.78, 5) is 0. The Hall–Kier alpha value is -1.12. The Morgan fingerprint density at radius 1 is 1.00 bits per heavy atom. The minimum Gasteiger partial charge on any atom is -0.307 e. The molecule has 0 radical (unpaired) electrons. The summed E-state index contributed by atoms with van der Waals surface area (Å²) in [5, 5.41) is 3.69. The second-order valence-electron chi connectivity index (χ2n) is 5.48. The Balaban J connectivity index is 1.96. The standard InChI is InChI=1S/C18H22BrN/c1-13-6-4-5-7-18(13)15(3)20-14(2)12-16-8-10-17(19)11-9-16/h4-11,14-15,20H,12H2,1-3H3. The van der Waals surface area contributed by atoms with Gasteiger partial charge in [0, 0.05) is 16.6 Å². The van der Waals surface area contributed by atoms with Gasteiger partial charge in [0.15, 0.2) is 0 Å². The van der Waals surface area contributed by atoms with Crippen molar-refractivity contribution in [1.29, 1.82) is 0 Å². The lowest BCUT2D eigenvalue weighted by Gasteiger charge is -2.22. The van der Waals surface area contributed by atoms with E-state index in [4.69, 9.17) is 0 Å². The zero-order valence-corrected chi connectivity index (χ0v) is 13.9. The highest BCUT2D eigenvalue weighted by molar-refractivity contribution is 9.10. The van der Waals surface area contributed by atoms with Crippen LogP contribution in [0.1, 0.15) is 36.6 Å². The van der Waals surface area contributed by atoms with Gasteiger partial charge in [0.2, 0.25) is 0 Å². The molecule has 106 valence electrons. The van der Waals surface area contributed by atoms with E-state index in [1.807, 2.05) is 0 Å². The number of hydrogen-bond acceptors (Lipinski definition) is 1. The Bertz CT molecular complexity index is 548. The number of hydrogen-bond donors (Lipinski definition) is 1. The number of halogens is 1. The third-order valence-corrected chi connectivity index (χ3v) is 4.17. The quantitative estimate of drug-likeness (QED) is 0.809. The van der Waals surface area contributed by atoms with Gasteiger partial charge in [-0.2, -0.15) is 0 Å². The average Bonchev–Trinajstić information content (AvgIpc) is 2.41. The van der Waals surface area contributed by atoms with E-state index in [9.17, 15) is 0 Å². The molecule has 0 aliphatic heterocycles. The molecule has 2 aromatic carbocycles. The van der Waals surface area contributed by atoms with Crippen molar-refractivity contribution in [3.63, 3.8) is 0 Å². The first-order chi connectivity index (χ1) is 9.56. The lowest BCUT2D eigenvalue weighted by atomic mass is 10.0. The maximum absolute atomic E-state index is 3.69. The molecule has 1 nitrogen and oxygen atoms in total. The molecule has 0 amide bonds. The molecule has 0 heterocycles. The van der Waals surface area contributed by atoms with Gasteiger partial charge in [-0.05, 0) is 56.0 Å². The molecule has 2 heteroatoms. The van der Waals surface area contributed by atoms with Crippen LogP contribution >= 0.6 is 15.9 Å². The first-order valence-corrected chi connectivity index (χ1v) is 7.91. The van der Waals surface area contributed by atoms with Crippen LogP contribution in [0.2, 0.25) is 0 Å². The van der Waals surface area contributed by atoms with Crippen molar-refractivity contribution in [3.8, 4) is 0 Å². The topological polar surface area (TPSA) is 12.0 Å². The van der Waals surface area contributed by atoms with E-state index in [0.29, 0.717) is 12.1 Å². The summed E-state index contributed by atoms with van der Waals surface area (Å²) >= 11 is 3.47. The molecular weight excluding hydrogens is 310 g/mol. The zero-order chi connectivity index (χ0) is 14.5. The third kappa shape index (κ3) is 4.19. The highest BCUT2D eigenvalue weighted by Crippen LogP contribution is 2.18. The van der Waals surface area contributed by atoms with Crippen molar-refractivity contribution in [2.75, 3.05) is 0 Å². The van der Waals surface area contributed by atoms with Crippen molar-refractivity contribution in [1.82, 2.24) is 5.32 Å². The monoisotopic (exact) mass is 331 g/mol. The zero-order valence-electron chi connectivity index (χ0n) is 12.4. The average molecular weight is 332 g/mol. The molecule has 0 fully saturated rings. The Morgan fingerprint density at radius 2 is 1.65 bits per heavy atom. The molecule has 0 bridgehead atoms. The van der Waals surface area contributed by atoms with Gasteiger partial charge in [-0.25, -0.2) is 0 Å². The van der Waals surface area contributed by atoms with Crippen LogP contribution in [0.5, 0.6) is 0 Å². The summed E-state index contributed by atoms with van der Waals surface area (Å²) in [6.07, 6.45) is 1.05. The van der Waals surface area contributed by atoms with Crippen molar-refractivity contribution in [2.45, 2.75) is 39.3 Å². The van der Waals surface area contributed by atoms with Crippen molar-refractivity contribution >= 4 is 15.9 Å². The molecule has 20 heavy (non-hydrogen) atoms. The maximum Gasteiger partial charge on any atom is 0.0296 e. The maximum atomic E-state index is 3.69. The van der Waals surface area contributed by atoms with E-state index >= 15 is 0 Å². The molecule has 2 atom stereocenters. The second-order valence-corrected chi connectivity index (χ2v) is 6.39. The number of benzene rings is 2. The van der Waals surface area contributed by atoms with E-state index in [-0.39, 0.29) is 0 Å². The van der Waals surface area contributed by atoms with Crippen LogP contribution in [0.3, 0.4) is 0 Å². The summed E-state index contributed by atoms with van der Waals surface area (Å²) in [5.74, 6) is 0. The summed E-state index contributed by atoms with van der Waals surface area (Å²) in [6, 6.07) is 18.0. The van der Waals surface area contributed by atoms with Crippen LogP contribution in [0.25, 0.3) is 0 Å². The van der Waals surface area contributed by atoms with Crippen LogP contribution in [0.15, 0.2) is 53.0 Å². The van der Waals surface area contributed by atoms with Crippen molar-refractivity contribution in [2.24, 2.45) is 0 Å². The summed E-state index contributed by atoms with van der Waals surface area (Å²) in [7, 11) is 0. The highest BCUT2D eigenvalue weighted by Gasteiger charge is 2.11. The number of aryl methyl sites for hydroxylation is 1. The van der Waals surface area contributed by atoms with E-state index in [1.165, 1.54) is 16.7 Å². The van der Waals surface area contributed by atoms with Gasteiger partial charge in [-0.15, -0.1) is 0 Å². The van der Waals surface area contributed by atoms with Gasteiger partial charge < -0.3 is 5.32 Å². The fourth-order valence-corrected chi connectivity index (χ4v) is 2.89. The third-order valence-electron chi connectivity index (χ3n) is 3.64. The predicted octanol–water partition coefficient (Wildman–Crippen LogP) is 5.04. The Labute approximate surface area is 130 Å². The molecule has 0 saturated heterocycles. The lowest BCUT2D eigenvalue weighted by molar-refractivity contribution is 0.476. The molecule has 0 spiro atoms. The molecule has 0 aliphatic carbocycles. The van der Waals surface area contributed by atoms with Gasteiger partial charge >= 0.3 is 0 Å². The number of nitrogens with one attached hydrogen (secondary N) is 1. The Morgan fingerprint density at radius 3 is 2.30 bits per heavy atom. The van der Waals surface area contributed by atoms with E-state index < -0.39 is 0 Å². The SMILES string of the molecule is Cc1ccccc1C(C)NC(C)Cc1ccc(Br)cc1. The summed E-state index contributed by atoms with van der Waals surface area (Å²) in [5.41, 5.74) is 4.10. The molecule has 1 N–H and O–H groups in total.